The Hall–Kier alpha value is -12.2. The molecule has 11 N–H and O–H groups in total. The van der Waals surface area contributed by atoms with Crippen LogP contribution in [0.15, 0.2) is 279 Å². The lowest BCUT2D eigenvalue weighted by Gasteiger charge is -2.19. The molecule has 0 saturated heterocycles. The second-order valence-corrected chi connectivity index (χ2v) is 27.0. The number of amides is 6. The highest BCUT2D eigenvalue weighted by Gasteiger charge is 2.20. The Kier molecular flexibility index (Phi) is 31.0. The van der Waals surface area contributed by atoms with E-state index in [9.17, 15) is 38.4 Å². The van der Waals surface area contributed by atoms with Gasteiger partial charge in [-0.15, -0.1) is 0 Å². The van der Waals surface area contributed by atoms with Crippen LogP contribution in [0, 0.1) is 0 Å². The summed E-state index contributed by atoms with van der Waals surface area (Å²) in [6.45, 7) is 10.6. The number of carboxylic acids is 1. The molecule has 12 rings (SSSR count). The van der Waals surface area contributed by atoms with Gasteiger partial charge in [0.15, 0.2) is 0 Å². The van der Waals surface area contributed by atoms with Gasteiger partial charge in [-0.25, -0.2) is 14.4 Å². The third-order valence-electron chi connectivity index (χ3n) is 14.4. The van der Waals surface area contributed by atoms with Crippen LogP contribution in [-0.2, 0) is 9.47 Å². The average Bonchev–Trinajstić information content (AvgIpc) is 0.822. The van der Waals surface area contributed by atoms with Crippen LogP contribution in [0.2, 0.25) is 20.1 Å². The fourth-order valence-electron chi connectivity index (χ4n) is 9.49. The predicted molar refractivity (Wildman–Crippen MR) is 437 cm³/mol. The number of nitrogen functional groups attached to an aromatic ring is 2. The van der Waals surface area contributed by atoms with Gasteiger partial charge >= 0.3 is 18.2 Å². The maximum atomic E-state index is 12.8. The van der Waals surface area contributed by atoms with Gasteiger partial charge in [0.05, 0.1) is 48.4 Å². The zero-order valence-electron chi connectivity index (χ0n) is 59.1. The van der Waals surface area contributed by atoms with Gasteiger partial charge in [-0.1, -0.05) is 192 Å². The SMILES string of the molecule is CC(C)(C)OC(=O)Nc1cccc(C(=O)Nc2ccccc2Cl)c1.CC(C)(C)OC(=O)Nc1cccc(C(=O)O)c1.Nc1cccc(C(=O)Nc2ccccc2Cl)c1.Nc1ccccc1Cl.O=C(Cl)c1cccc2ccccc12.O=C(Nc1ccccc1Cl)c1cccc(NC(=O)c2cccc3ccccc23)c1. The number of nitrogens with one attached hydrogen (secondary N) is 6. The molecule has 0 aliphatic rings. The molecule has 6 amide bonds. The van der Waals surface area contributed by atoms with Crippen molar-refractivity contribution in [2.45, 2.75) is 52.7 Å². The van der Waals surface area contributed by atoms with Crippen LogP contribution in [-0.4, -0.2) is 63.3 Å². The summed E-state index contributed by atoms with van der Waals surface area (Å²) in [4.78, 5) is 94.6. The lowest BCUT2D eigenvalue weighted by Crippen LogP contribution is -2.27. The summed E-state index contributed by atoms with van der Waals surface area (Å²) in [6.07, 6.45) is -1.19. The van der Waals surface area contributed by atoms with Crippen molar-refractivity contribution in [3.05, 3.63) is 333 Å². The molecular weight excluding hydrogens is 1470 g/mol. The van der Waals surface area contributed by atoms with Gasteiger partial charge in [-0.3, -0.25) is 34.6 Å². The van der Waals surface area contributed by atoms with Gasteiger partial charge in [-0.05, 0) is 208 Å². The van der Waals surface area contributed by atoms with Crippen LogP contribution in [0.25, 0.3) is 21.5 Å². The largest absolute Gasteiger partial charge is 0.478 e. The highest BCUT2D eigenvalue weighted by molar-refractivity contribution is 6.68. The fraction of sp³-hybridized carbons (Fsp3) is 0.0952. The number of fused-ring (bicyclic) bond motifs is 2. The maximum Gasteiger partial charge on any atom is 0.412 e. The summed E-state index contributed by atoms with van der Waals surface area (Å²) in [7, 11) is 0. The molecule has 0 aromatic heterocycles. The number of carbonyl (C=O) groups is 8. The second-order valence-electron chi connectivity index (χ2n) is 25.0. The molecule has 12 aromatic rings. The molecule has 0 atom stereocenters. The zero-order chi connectivity index (χ0) is 78.5. The number of hydrogen-bond donors (Lipinski definition) is 9. The summed E-state index contributed by atoms with van der Waals surface area (Å²) in [5.41, 5.74) is 16.6. The summed E-state index contributed by atoms with van der Waals surface area (Å²) < 4.78 is 10.2. The predicted octanol–water partition coefficient (Wildman–Crippen LogP) is 22.0. The minimum atomic E-state index is -1.04. The molecular formula is C84H75Cl5N8O11. The molecule has 0 unspecified atom stereocenters. The molecule has 0 aliphatic heterocycles. The van der Waals surface area contributed by atoms with E-state index >= 15 is 0 Å². The number of halogens is 5. The smallest absolute Gasteiger partial charge is 0.412 e. The van der Waals surface area contributed by atoms with E-state index in [1.807, 2.05) is 84.9 Å². The van der Waals surface area contributed by atoms with E-state index in [-0.39, 0.29) is 29.2 Å². The third-order valence-corrected chi connectivity index (χ3v) is 15.9. The number of hydrogen-bond acceptors (Lipinski definition) is 12. The van der Waals surface area contributed by atoms with Gasteiger partial charge in [0.25, 0.3) is 28.9 Å². The van der Waals surface area contributed by atoms with Gasteiger partial charge in [0, 0.05) is 50.6 Å². The lowest BCUT2D eigenvalue weighted by atomic mass is 10.0. The Morgan fingerprint density at radius 1 is 0.333 bits per heavy atom. The highest BCUT2D eigenvalue weighted by atomic mass is 35.5. The van der Waals surface area contributed by atoms with Crippen molar-refractivity contribution >= 4 is 172 Å². The fourth-order valence-corrected chi connectivity index (χ4v) is 10.3. The molecule has 19 nitrogen and oxygen atoms in total. The van der Waals surface area contributed by atoms with Gasteiger partial charge in [0.2, 0.25) is 0 Å². The molecule has 12 aromatic carbocycles. The summed E-state index contributed by atoms with van der Waals surface area (Å²) >= 11 is 29.1. The maximum absolute atomic E-state index is 12.8. The van der Waals surface area contributed by atoms with Crippen molar-refractivity contribution in [1.29, 1.82) is 0 Å². The molecule has 0 spiro atoms. The van der Waals surface area contributed by atoms with E-state index in [2.05, 4.69) is 31.9 Å². The van der Waals surface area contributed by atoms with Crippen molar-refractivity contribution in [2.24, 2.45) is 0 Å². The first-order valence-corrected chi connectivity index (χ1v) is 34.8. The molecule has 0 saturated carbocycles. The Morgan fingerprint density at radius 2 is 0.657 bits per heavy atom. The van der Waals surface area contributed by atoms with Crippen molar-refractivity contribution in [3.63, 3.8) is 0 Å². The second kappa shape index (κ2) is 40.3. The molecule has 0 heterocycles. The number of para-hydroxylation sites is 4. The van der Waals surface area contributed by atoms with E-state index in [4.69, 9.17) is 84.1 Å². The molecule has 24 heteroatoms. The van der Waals surface area contributed by atoms with Crippen molar-refractivity contribution in [3.8, 4) is 0 Å². The van der Waals surface area contributed by atoms with Gasteiger partial charge in [-0.2, -0.15) is 0 Å². The van der Waals surface area contributed by atoms with Gasteiger partial charge in [0.1, 0.15) is 11.2 Å². The molecule has 108 heavy (non-hydrogen) atoms. The van der Waals surface area contributed by atoms with Gasteiger partial charge < -0.3 is 47.3 Å². The number of nitrogens with two attached hydrogens (primary N) is 2. The number of anilines is 8. The number of rotatable bonds is 12. The first kappa shape index (κ1) is 83.0. The van der Waals surface area contributed by atoms with E-state index in [0.29, 0.717) is 93.4 Å². The normalized spacial score (nSPS) is 10.4. The lowest BCUT2D eigenvalue weighted by molar-refractivity contribution is 0.0624. The zero-order valence-corrected chi connectivity index (χ0v) is 62.9. The van der Waals surface area contributed by atoms with Crippen LogP contribution >= 0.6 is 58.0 Å². The molecule has 0 radical (unpaired) electrons. The number of benzene rings is 12. The minimum absolute atomic E-state index is 0.110. The van der Waals surface area contributed by atoms with Crippen LogP contribution in [0.3, 0.4) is 0 Å². The summed E-state index contributed by atoms with van der Waals surface area (Å²) in [6, 6.07) is 80.9. The van der Waals surface area contributed by atoms with E-state index < -0.39 is 34.6 Å². The van der Waals surface area contributed by atoms with Crippen LogP contribution in [0.4, 0.5) is 55.1 Å². The molecule has 0 fully saturated rings. The highest BCUT2D eigenvalue weighted by Crippen LogP contribution is 2.27. The van der Waals surface area contributed by atoms with Crippen LogP contribution < -0.4 is 43.4 Å². The van der Waals surface area contributed by atoms with Crippen molar-refractivity contribution in [1.82, 2.24) is 0 Å². The van der Waals surface area contributed by atoms with Crippen molar-refractivity contribution in [2.75, 3.05) is 43.4 Å². The Balaban J connectivity index is 0.000000187. The molecule has 0 aliphatic carbocycles. The summed E-state index contributed by atoms with van der Waals surface area (Å²) in [5, 5.41) is 30.4. The third kappa shape index (κ3) is 27.4. The molecule has 0 bridgehead atoms. The number of carboxylic acid groups (broad SMARTS) is 1. The Morgan fingerprint density at radius 3 is 1.04 bits per heavy atom. The van der Waals surface area contributed by atoms with E-state index in [0.717, 1.165) is 21.5 Å². The standard InChI is InChI=1S/C24H17ClN2O2.C18H19ClN2O3.C13H11ClN2O.C12H15NO4.C11H7ClO.C6H6ClN/c25-21-13-3-4-14-22(21)27-23(28)17-9-5-10-18(15-17)26-24(29)20-12-6-8-16-7-1-2-11-19(16)20;1-18(2,3)24-17(23)20-13-8-6-7-12(11-13)16(22)21-15-10-5-4-9-14(15)19;14-11-6-1-2-7-12(11)16-13(17)9-4-3-5-10(15)8-9;1-12(2,3)17-11(16)13-9-6-4-5-8(7-9)10(14)15;12-11(13)10-7-3-5-8-4-1-2-6-9(8)10;7-5-3-1-2-4-6(5)8/h1-15H,(H,26,29)(H,27,28);4-11H,1-3H3,(H,20,23)(H,21,22);1-8H,15H2,(H,16,17);4-7H,1-3H3,(H,13,16)(H,14,15);1-7H;1-4H,8H2. The number of aromatic carboxylic acids is 1. The molecule has 552 valence electrons. The summed E-state index contributed by atoms with van der Waals surface area (Å²) in [5.74, 6) is -2.14. The quantitative estimate of drug-likeness (QED) is 0.0407. The van der Waals surface area contributed by atoms with Crippen molar-refractivity contribution < 1.29 is 52.9 Å². The van der Waals surface area contributed by atoms with E-state index in [1.54, 1.807) is 224 Å². The number of ether oxygens (including phenoxy) is 2. The Bertz CT molecular complexity index is 5150. The van der Waals surface area contributed by atoms with E-state index in [1.165, 1.54) is 12.1 Å². The number of carbonyl (C=O) groups excluding carboxylic acids is 7. The minimum Gasteiger partial charge on any atom is -0.478 e. The first-order chi connectivity index (χ1) is 51.4. The van der Waals surface area contributed by atoms with Crippen LogP contribution in [0.5, 0.6) is 0 Å². The first-order valence-electron chi connectivity index (χ1n) is 32.9. The monoisotopic (exact) mass is 1550 g/mol. The average molecular weight is 1550 g/mol. The van der Waals surface area contributed by atoms with Crippen LogP contribution in [0.1, 0.15) is 104 Å². The Labute approximate surface area is 649 Å². The topological polar surface area (TPSA) is 299 Å².